The third-order valence-electron chi connectivity index (χ3n) is 10.3. The van der Waals surface area contributed by atoms with E-state index in [2.05, 4.69) is 133 Å². The highest BCUT2D eigenvalue weighted by Crippen LogP contribution is 2.49. The summed E-state index contributed by atoms with van der Waals surface area (Å²) in [7, 11) is -1.93. The van der Waals surface area contributed by atoms with E-state index >= 15 is 0 Å². The minimum absolute atomic E-state index is 0.139. The fraction of sp³-hybridized carbons (Fsp3) is 0.135. The van der Waals surface area contributed by atoms with Gasteiger partial charge in [0.05, 0.1) is 4.83 Å². The lowest BCUT2D eigenvalue weighted by atomic mass is 9.45. The van der Waals surface area contributed by atoms with Crippen LogP contribution in [0.2, 0.25) is 13.1 Å². The van der Waals surface area contributed by atoms with Crippen molar-refractivity contribution in [2.75, 3.05) is 4.90 Å². The molecule has 10 rings (SSSR count). The molecule has 5 aromatic carbocycles. The van der Waals surface area contributed by atoms with E-state index in [9.17, 15) is 0 Å². The summed E-state index contributed by atoms with van der Waals surface area (Å²) in [5.41, 5.74) is 12.7. The lowest BCUT2D eigenvalue weighted by molar-refractivity contribution is 0.867. The van der Waals surface area contributed by atoms with E-state index in [-0.39, 0.29) is 6.85 Å². The van der Waals surface area contributed by atoms with Crippen molar-refractivity contribution >= 4 is 95.8 Å². The average Bonchev–Trinajstić information content (AvgIpc) is 3.54. The van der Waals surface area contributed by atoms with Crippen LogP contribution in [-0.4, -0.2) is 19.4 Å². The molecule has 0 atom stereocenters. The van der Waals surface area contributed by atoms with Gasteiger partial charge in [0, 0.05) is 49.0 Å². The number of hydrogen-bond acceptors (Lipinski definition) is 2. The number of benzene rings is 5. The smallest absolute Gasteiger partial charge is 0.333 e. The maximum absolute atomic E-state index is 2.73. The van der Waals surface area contributed by atoms with Gasteiger partial charge >= 0.3 is 6.85 Å². The van der Waals surface area contributed by atoms with Crippen molar-refractivity contribution in [1.29, 1.82) is 0 Å². The molecule has 42 heavy (non-hydrogen) atoms. The maximum Gasteiger partial charge on any atom is 0.333 e. The molecule has 0 unspecified atom stereocenters. The number of para-hydroxylation sites is 3. The Morgan fingerprint density at radius 1 is 0.738 bits per heavy atom. The molecule has 2 nitrogen and oxygen atoms in total. The van der Waals surface area contributed by atoms with Crippen LogP contribution in [0.25, 0.3) is 42.3 Å². The predicted octanol–water partition coefficient (Wildman–Crippen LogP) is 7.69. The average molecular weight is 573 g/mol. The Hall–Kier alpha value is -4.06. The Morgan fingerprint density at radius 3 is 2.38 bits per heavy atom. The van der Waals surface area contributed by atoms with E-state index in [0.29, 0.717) is 5.92 Å². The van der Waals surface area contributed by atoms with Crippen LogP contribution >= 0.6 is 11.3 Å². The Kier molecular flexibility index (Phi) is 4.28. The van der Waals surface area contributed by atoms with Crippen LogP contribution in [0, 0.1) is 0 Å². The van der Waals surface area contributed by atoms with Crippen molar-refractivity contribution in [3.8, 4) is 11.1 Å². The second-order valence-corrected chi connectivity index (χ2v) is 18.5. The molecule has 7 aromatic rings. The molecular formula is C37H29BN2SSi. The second kappa shape index (κ2) is 7.66. The molecule has 200 valence electrons. The normalized spacial score (nSPS) is 15.5. The van der Waals surface area contributed by atoms with Gasteiger partial charge in [-0.05, 0) is 56.5 Å². The summed E-state index contributed by atoms with van der Waals surface area (Å²) < 4.78 is 4.10. The van der Waals surface area contributed by atoms with Crippen molar-refractivity contribution in [3.63, 3.8) is 0 Å². The summed E-state index contributed by atoms with van der Waals surface area (Å²) in [6.45, 7) is 9.89. The first-order chi connectivity index (χ1) is 20.4. The first kappa shape index (κ1) is 23.5. The summed E-state index contributed by atoms with van der Waals surface area (Å²) in [6.07, 6.45) is 0. The first-order valence-corrected chi connectivity index (χ1v) is 18.9. The van der Waals surface area contributed by atoms with Gasteiger partial charge in [0.1, 0.15) is 8.07 Å². The molecule has 0 aliphatic carbocycles. The van der Waals surface area contributed by atoms with Gasteiger partial charge in [0.25, 0.3) is 0 Å². The van der Waals surface area contributed by atoms with Crippen molar-refractivity contribution in [3.05, 3.63) is 103 Å². The fourth-order valence-corrected chi connectivity index (χ4v) is 12.6. The quantitative estimate of drug-likeness (QED) is 0.183. The van der Waals surface area contributed by atoms with E-state index in [1.165, 1.54) is 81.1 Å². The van der Waals surface area contributed by atoms with Gasteiger partial charge in [-0.25, -0.2) is 0 Å². The van der Waals surface area contributed by atoms with E-state index < -0.39 is 8.07 Å². The van der Waals surface area contributed by atoms with Crippen LogP contribution in [0.3, 0.4) is 0 Å². The van der Waals surface area contributed by atoms with Crippen LogP contribution in [0.1, 0.15) is 25.3 Å². The van der Waals surface area contributed by atoms with Gasteiger partial charge in [-0.3, -0.25) is 0 Å². The lowest BCUT2D eigenvalue weighted by Gasteiger charge is -2.47. The minimum Gasteiger partial charge on any atom is -0.367 e. The number of nitrogens with zero attached hydrogens (tertiary/aromatic N) is 2. The minimum atomic E-state index is -1.93. The monoisotopic (exact) mass is 572 g/mol. The molecule has 0 saturated heterocycles. The molecule has 0 bridgehead atoms. The number of aromatic nitrogens is 1. The van der Waals surface area contributed by atoms with E-state index in [1.807, 2.05) is 11.3 Å². The Labute approximate surface area is 251 Å². The van der Waals surface area contributed by atoms with Crippen molar-refractivity contribution in [1.82, 2.24) is 4.48 Å². The SMILES string of the molecule is CC(C)c1cc2c3c(c1)N1c4ccccc4[Si](C)(C)c4cccc(c41)B3n1c3sc4ccccc4c3c3cccc-2c31. The summed E-state index contributed by atoms with van der Waals surface area (Å²) in [5, 5.41) is 7.26. The molecule has 0 fully saturated rings. The zero-order valence-electron chi connectivity index (χ0n) is 24.2. The van der Waals surface area contributed by atoms with Crippen LogP contribution in [0.5, 0.6) is 0 Å². The Balaban J connectivity index is 1.44. The Bertz CT molecular complexity index is 2340. The molecule has 0 amide bonds. The van der Waals surface area contributed by atoms with Crippen LogP contribution < -0.4 is 26.2 Å². The molecule has 2 aromatic heterocycles. The first-order valence-electron chi connectivity index (χ1n) is 15.1. The van der Waals surface area contributed by atoms with Gasteiger partial charge in [0.15, 0.2) is 0 Å². The second-order valence-electron chi connectivity index (χ2n) is 13.1. The summed E-state index contributed by atoms with van der Waals surface area (Å²) in [5.74, 6) is 0.438. The fourth-order valence-electron chi connectivity index (χ4n) is 8.39. The zero-order valence-corrected chi connectivity index (χ0v) is 26.0. The molecule has 0 N–H and O–H groups in total. The number of rotatable bonds is 1. The van der Waals surface area contributed by atoms with Crippen LogP contribution in [-0.2, 0) is 0 Å². The molecule has 0 saturated carbocycles. The van der Waals surface area contributed by atoms with Gasteiger partial charge < -0.3 is 9.38 Å². The molecule has 3 aliphatic rings. The van der Waals surface area contributed by atoms with E-state index in [1.54, 1.807) is 5.19 Å². The summed E-state index contributed by atoms with van der Waals surface area (Å²) in [4.78, 5) is 4.04. The van der Waals surface area contributed by atoms with Gasteiger partial charge in [-0.1, -0.05) is 106 Å². The third-order valence-corrected chi connectivity index (χ3v) is 15.0. The van der Waals surface area contributed by atoms with Gasteiger partial charge in [-0.15, -0.1) is 11.3 Å². The molecule has 3 aliphatic heterocycles. The number of hydrogen-bond donors (Lipinski definition) is 0. The van der Waals surface area contributed by atoms with E-state index in [0.717, 1.165) is 0 Å². The maximum atomic E-state index is 2.73. The summed E-state index contributed by atoms with van der Waals surface area (Å²) >= 11 is 1.96. The van der Waals surface area contributed by atoms with E-state index in [4.69, 9.17) is 0 Å². The van der Waals surface area contributed by atoms with Crippen LogP contribution in [0.4, 0.5) is 17.1 Å². The van der Waals surface area contributed by atoms with Crippen LogP contribution in [0.15, 0.2) is 97.1 Å². The van der Waals surface area contributed by atoms with Gasteiger partial charge in [-0.2, -0.15) is 0 Å². The molecule has 0 radical (unpaired) electrons. The molecular weight excluding hydrogens is 543 g/mol. The molecule has 5 heterocycles. The van der Waals surface area contributed by atoms with Crippen molar-refractivity contribution < 1.29 is 0 Å². The zero-order chi connectivity index (χ0) is 28.1. The topological polar surface area (TPSA) is 8.17 Å². The number of anilines is 3. The number of thiophene rings is 1. The van der Waals surface area contributed by atoms with Crippen molar-refractivity contribution in [2.45, 2.75) is 32.9 Å². The highest BCUT2D eigenvalue weighted by Gasteiger charge is 2.48. The van der Waals surface area contributed by atoms with Crippen molar-refractivity contribution in [2.24, 2.45) is 0 Å². The molecule has 0 spiro atoms. The summed E-state index contributed by atoms with van der Waals surface area (Å²) in [6, 6.07) is 37.4. The third kappa shape index (κ3) is 2.60. The molecule has 5 heteroatoms. The standard InChI is InChI=1S/C37H29BN2SSi/c1-21(2)22-19-26-23-12-9-13-25-33-24-11-5-7-16-30(24)41-37(33)40(35(23)25)38-27-14-10-18-32-36(27)39(29(20-22)34(26)38)28-15-6-8-17-31(28)42(32,3)4/h5-21H,1-4H3. The Morgan fingerprint density at radius 2 is 1.50 bits per heavy atom. The highest BCUT2D eigenvalue weighted by molar-refractivity contribution is 7.26. The highest BCUT2D eigenvalue weighted by atomic mass is 32.1. The number of fused-ring (bicyclic) bond motifs is 11. The predicted molar refractivity (Wildman–Crippen MR) is 186 cm³/mol. The largest absolute Gasteiger partial charge is 0.367 e. The lowest BCUT2D eigenvalue weighted by Crippen LogP contribution is -2.65. The van der Waals surface area contributed by atoms with Gasteiger partial charge in [0.2, 0.25) is 0 Å².